The van der Waals surface area contributed by atoms with Crippen molar-refractivity contribution in [3.8, 4) is 0 Å². The van der Waals surface area contributed by atoms with Gasteiger partial charge in [-0.1, -0.05) is 12.1 Å². The largest absolute Gasteiger partial charge is 0.326 e. The Hall–Kier alpha value is -2.47. The fourth-order valence-corrected chi connectivity index (χ4v) is 3.59. The van der Waals surface area contributed by atoms with E-state index < -0.39 is 0 Å². The molecule has 0 saturated heterocycles. The maximum absolute atomic E-state index is 12.6. The molecule has 1 amide bonds. The summed E-state index contributed by atoms with van der Waals surface area (Å²) in [6.07, 6.45) is 1.75. The van der Waals surface area contributed by atoms with E-state index in [4.69, 9.17) is 0 Å². The molecule has 5 nitrogen and oxygen atoms in total. The molecule has 0 spiro atoms. The first-order valence-corrected chi connectivity index (χ1v) is 8.59. The second-order valence-electron chi connectivity index (χ2n) is 5.87. The minimum absolute atomic E-state index is 0.0785. The van der Waals surface area contributed by atoms with Crippen molar-refractivity contribution >= 4 is 33.1 Å². The minimum Gasteiger partial charge on any atom is -0.326 e. The Balaban J connectivity index is 1.74. The SMILES string of the molecule is Cc1cccc(NC(=O)CCn2cnc3sc(C)c(C)c3c2=O)c1. The quantitative estimate of drug-likeness (QED) is 0.791. The average molecular weight is 341 g/mol. The van der Waals surface area contributed by atoms with Crippen molar-refractivity contribution in [1.29, 1.82) is 0 Å². The number of carbonyl (C=O) groups excluding carboxylic acids is 1. The highest BCUT2D eigenvalue weighted by Gasteiger charge is 2.12. The molecule has 0 unspecified atom stereocenters. The first-order chi connectivity index (χ1) is 11.5. The molecule has 124 valence electrons. The lowest BCUT2D eigenvalue weighted by molar-refractivity contribution is -0.116. The highest BCUT2D eigenvalue weighted by molar-refractivity contribution is 7.18. The predicted molar refractivity (Wildman–Crippen MR) is 97.8 cm³/mol. The van der Waals surface area contributed by atoms with Crippen LogP contribution in [-0.2, 0) is 11.3 Å². The topological polar surface area (TPSA) is 64.0 Å². The van der Waals surface area contributed by atoms with E-state index in [-0.39, 0.29) is 17.9 Å². The summed E-state index contributed by atoms with van der Waals surface area (Å²) in [6, 6.07) is 7.63. The number of rotatable bonds is 4. The van der Waals surface area contributed by atoms with Gasteiger partial charge in [-0.15, -0.1) is 11.3 Å². The second kappa shape index (κ2) is 6.57. The van der Waals surface area contributed by atoms with Gasteiger partial charge < -0.3 is 5.32 Å². The number of hydrogen-bond donors (Lipinski definition) is 1. The monoisotopic (exact) mass is 341 g/mol. The van der Waals surface area contributed by atoms with Gasteiger partial charge in [0, 0.05) is 23.5 Å². The van der Waals surface area contributed by atoms with Crippen molar-refractivity contribution in [2.24, 2.45) is 0 Å². The van der Waals surface area contributed by atoms with Crippen LogP contribution >= 0.6 is 11.3 Å². The molecule has 1 N–H and O–H groups in total. The van der Waals surface area contributed by atoms with E-state index in [1.807, 2.05) is 45.0 Å². The molecule has 3 aromatic rings. The number of aromatic nitrogens is 2. The second-order valence-corrected chi connectivity index (χ2v) is 7.08. The molecule has 0 aliphatic carbocycles. The van der Waals surface area contributed by atoms with E-state index in [2.05, 4.69) is 10.3 Å². The smallest absolute Gasteiger partial charge is 0.262 e. The summed E-state index contributed by atoms with van der Waals surface area (Å²) in [7, 11) is 0. The van der Waals surface area contributed by atoms with E-state index in [9.17, 15) is 9.59 Å². The Labute approximate surface area is 144 Å². The van der Waals surface area contributed by atoms with Gasteiger partial charge in [-0.2, -0.15) is 0 Å². The number of aryl methyl sites for hydroxylation is 4. The maximum Gasteiger partial charge on any atom is 0.262 e. The normalized spacial score (nSPS) is 11.0. The van der Waals surface area contributed by atoms with Crippen LogP contribution in [0.3, 0.4) is 0 Å². The van der Waals surface area contributed by atoms with Gasteiger partial charge in [-0.05, 0) is 44.0 Å². The molecule has 0 bridgehead atoms. The van der Waals surface area contributed by atoms with Gasteiger partial charge in [-0.3, -0.25) is 14.2 Å². The molecule has 6 heteroatoms. The molecule has 1 aromatic carbocycles. The Morgan fingerprint density at radius 2 is 2.08 bits per heavy atom. The molecule has 24 heavy (non-hydrogen) atoms. The van der Waals surface area contributed by atoms with Gasteiger partial charge in [-0.25, -0.2) is 4.98 Å². The lowest BCUT2D eigenvalue weighted by atomic mass is 10.2. The van der Waals surface area contributed by atoms with E-state index in [0.29, 0.717) is 11.9 Å². The van der Waals surface area contributed by atoms with Crippen molar-refractivity contribution in [2.45, 2.75) is 33.7 Å². The summed E-state index contributed by atoms with van der Waals surface area (Å²) < 4.78 is 1.51. The number of benzene rings is 1. The van der Waals surface area contributed by atoms with Gasteiger partial charge >= 0.3 is 0 Å². The zero-order valence-electron chi connectivity index (χ0n) is 13.9. The summed E-state index contributed by atoms with van der Waals surface area (Å²) in [5.41, 5.74) is 2.75. The van der Waals surface area contributed by atoms with Crippen LogP contribution in [0.15, 0.2) is 35.4 Å². The number of nitrogens with one attached hydrogen (secondary N) is 1. The summed E-state index contributed by atoms with van der Waals surface area (Å²) in [5, 5.41) is 3.52. The third kappa shape index (κ3) is 3.23. The number of fused-ring (bicyclic) bond motifs is 1. The zero-order chi connectivity index (χ0) is 17.3. The molecule has 0 aliphatic heterocycles. The molecule has 0 radical (unpaired) electrons. The molecule has 0 saturated carbocycles. The third-order valence-corrected chi connectivity index (χ3v) is 5.15. The van der Waals surface area contributed by atoms with Crippen LogP contribution in [-0.4, -0.2) is 15.5 Å². The fraction of sp³-hybridized carbons (Fsp3) is 0.278. The molecule has 2 heterocycles. The predicted octanol–water partition coefficient (Wildman–Crippen LogP) is 3.41. The van der Waals surface area contributed by atoms with Crippen molar-refractivity contribution in [3.63, 3.8) is 0 Å². The van der Waals surface area contributed by atoms with Gasteiger partial charge in [0.25, 0.3) is 5.56 Å². The van der Waals surface area contributed by atoms with Crippen molar-refractivity contribution in [3.05, 3.63) is 57.0 Å². The summed E-state index contributed by atoms with van der Waals surface area (Å²) >= 11 is 1.53. The first-order valence-electron chi connectivity index (χ1n) is 7.77. The van der Waals surface area contributed by atoms with Gasteiger partial charge in [0.05, 0.1) is 11.7 Å². The Kier molecular flexibility index (Phi) is 4.49. The highest BCUT2D eigenvalue weighted by atomic mass is 32.1. The summed E-state index contributed by atoms with van der Waals surface area (Å²) in [4.78, 5) is 30.9. The lowest BCUT2D eigenvalue weighted by Gasteiger charge is -2.07. The van der Waals surface area contributed by atoms with Crippen LogP contribution in [0.2, 0.25) is 0 Å². The number of amides is 1. The molecule has 3 rings (SSSR count). The minimum atomic E-state index is -0.120. The molecule has 0 fully saturated rings. The van der Waals surface area contributed by atoms with E-state index >= 15 is 0 Å². The fourth-order valence-electron chi connectivity index (χ4n) is 2.60. The average Bonchev–Trinajstić information content (AvgIpc) is 2.82. The molecular formula is C18H19N3O2S. The lowest BCUT2D eigenvalue weighted by Crippen LogP contribution is -2.23. The van der Waals surface area contributed by atoms with Crippen LogP contribution in [0.1, 0.15) is 22.4 Å². The van der Waals surface area contributed by atoms with Crippen LogP contribution in [0.4, 0.5) is 5.69 Å². The van der Waals surface area contributed by atoms with E-state index in [1.54, 1.807) is 0 Å². The Morgan fingerprint density at radius 3 is 2.83 bits per heavy atom. The number of carbonyl (C=O) groups is 1. The Bertz CT molecular complexity index is 972. The summed E-state index contributed by atoms with van der Waals surface area (Å²) in [6.45, 7) is 6.21. The van der Waals surface area contributed by atoms with Crippen LogP contribution in [0.5, 0.6) is 0 Å². The van der Waals surface area contributed by atoms with Crippen LogP contribution in [0, 0.1) is 20.8 Å². The number of hydrogen-bond acceptors (Lipinski definition) is 4. The first kappa shape index (κ1) is 16.4. The Morgan fingerprint density at radius 1 is 1.29 bits per heavy atom. The standard InChI is InChI=1S/C18H19N3O2S/c1-11-5-4-6-14(9-11)20-15(22)7-8-21-10-19-17-16(18(21)23)12(2)13(3)24-17/h4-6,9-10H,7-8H2,1-3H3,(H,20,22). The number of thiophene rings is 1. The highest BCUT2D eigenvalue weighted by Crippen LogP contribution is 2.25. The van der Waals surface area contributed by atoms with Crippen molar-refractivity contribution in [2.75, 3.05) is 5.32 Å². The van der Waals surface area contributed by atoms with Gasteiger partial charge in [0.2, 0.25) is 5.91 Å². The maximum atomic E-state index is 12.6. The number of anilines is 1. The molecule has 2 aromatic heterocycles. The van der Waals surface area contributed by atoms with Gasteiger partial charge in [0.15, 0.2) is 0 Å². The van der Waals surface area contributed by atoms with Crippen molar-refractivity contribution < 1.29 is 4.79 Å². The van der Waals surface area contributed by atoms with Crippen molar-refractivity contribution in [1.82, 2.24) is 9.55 Å². The van der Waals surface area contributed by atoms with Crippen LogP contribution in [0.25, 0.3) is 10.2 Å². The molecule has 0 atom stereocenters. The molecule has 0 aliphatic rings. The number of nitrogens with zero attached hydrogens (tertiary/aromatic N) is 2. The zero-order valence-corrected chi connectivity index (χ0v) is 14.7. The van der Waals surface area contributed by atoms with Crippen LogP contribution < -0.4 is 10.9 Å². The summed E-state index contributed by atoms with van der Waals surface area (Å²) in [5.74, 6) is -0.120. The van der Waals surface area contributed by atoms with Gasteiger partial charge in [0.1, 0.15) is 4.83 Å². The van der Waals surface area contributed by atoms with E-state index in [1.165, 1.54) is 22.2 Å². The van der Waals surface area contributed by atoms with E-state index in [0.717, 1.165) is 26.5 Å². The third-order valence-electron chi connectivity index (χ3n) is 4.04. The molecular weight excluding hydrogens is 322 g/mol.